The number of nitrogens with zero attached hydrogens (tertiary/aromatic N) is 1. The Bertz CT molecular complexity index is 470. The molecule has 0 saturated carbocycles. The van der Waals surface area contributed by atoms with Gasteiger partial charge in [-0.15, -0.1) is 0 Å². The lowest BCUT2D eigenvalue weighted by molar-refractivity contribution is -0.136. The van der Waals surface area contributed by atoms with Gasteiger partial charge in [0.2, 0.25) is 0 Å². The number of aliphatic carboxylic acids is 1. The third-order valence-corrected chi connectivity index (χ3v) is 3.53. The molecule has 0 bridgehead atoms. The Morgan fingerprint density at radius 3 is 2.43 bits per heavy atom. The van der Waals surface area contributed by atoms with Crippen molar-refractivity contribution in [3.63, 3.8) is 0 Å². The van der Waals surface area contributed by atoms with Crippen LogP contribution in [0, 0.1) is 5.92 Å². The number of carbonyl (C=O) groups is 2. The number of anilines is 1. The van der Waals surface area contributed by atoms with Gasteiger partial charge < -0.3 is 15.7 Å². The normalized spacial score (nSPS) is 12.0. The summed E-state index contributed by atoms with van der Waals surface area (Å²) in [6.45, 7) is 6.20. The minimum absolute atomic E-state index is 0.0965. The van der Waals surface area contributed by atoms with E-state index in [4.69, 9.17) is 5.11 Å². The number of urea groups is 1. The second-order valence-electron chi connectivity index (χ2n) is 5.07. The molecular formula is C15H23N3O3. The van der Waals surface area contributed by atoms with Crippen molar-refractivity contribution in [1.29, 1.82) is 0 Å². The number of carboxylic acids is 1. The maximum Gasteiger partial charge on any atom is 0.319 e. The van der Waals surface area contributed by atoms with Gasteiger partial charge in [0.1, 0.15) is 0 Å². The predicted octanol–water partition coefficient (Wildman–Crippen LogP) is 2.65. The van der Waals surface area contributed by atoms with Crippen molar-refractivity contribution in [3.05, 3.63) is 24.0 Å². The van der Waals surface area contributed by atoms with Gasteiger partial charge in [0.05, 0.1) is 24.0 Å². The number of carboxylic acid groups (broad SMARTS) is 1. The zero-order chi connectivity index (χ0) is 15.8. The van der Waals surface area contributed by atoms with Crippen LogP contribution in [0.2, 0.25) is 0 Å². The fraction of sp³-hybridized carbons (Fsp3) is 0.533. The molecule has 1 unspecified atom stereocenters. The van der Waals surface area contributed by atoms with Gasteiger partial charge in [0, 0.05) is 6.04 Å². The van der Waals surface area contributed by atoms with Crippen molar-refractivity contribution >= 4 is 17.7 Å². The molecule has 1 atom stereocenters. The van der Waals surface area contributed by atoms with Crippen LogP contribution in [0.15, 0.2) is 18.3 Å². The van der Waals surface area contributed by atoms with E-state index in [0.717, 1.165) is 12.8 Å². The molecule has 6 heteroatoms. The van der Waals surface area contributed by atoms with Crippen molar-refractivity contribution in [2.24, 2.45) is 5.92 Å². The maximum absolute atomic E-state index is 11.9. The molecule has 1 heterocycles. The Kier molecular flexibility index (Phi) is 6.65. The van der Waals surface area contributed by atoms with Crippen LogP contribution < -0.4 is 10.6 Å². The first-order chi connectivity index (χ1) is 9.96. The molecule has 1 rings (SSSR count). The van der Waals surface area contributed by atoms with E-state index in [9.17, 15) is 9.59 Å². The van der Waals surface area contributed by atoms with E-state index in [1.165, 1.54) is 6.20 Å². The number of hydrogen-bond acceptors (Lipinski definition) is 3. The number of carbonyl (C=O) groups excluding carboxylic acids is 1. The number of hydrogen-bond donors (Lipinski definition) is 3. The SMILES string of the molecule is CCC(CC)C(C)NC(=O)Nc1ccc(CC(=O)O)nc1. The maximum atomic E-state index is 11.9. The van der Waals surface area contributed by atoms with Crippen molar-refractivity contribution in [1.82, 2.24) is 10.3 Å². The summed E-state index contributed by atoms with van der Waals surface area (Å²) in [6, 6.07) is 3.06. The van der Waals surface area contributed by atoms with Crippen molar-refractivity contribution < 1.29 is 14.7 Å². The van der Waals surface area contributed by atoms with Crippen molar-refractivity contribution in [2.45, 2.75) is 46.1 Å². The molecule has 0 aliphatic heterocycles. The molecule has 0 radical (unpaired) electrons. The van der Waals surface area contributed by atoms with Crippen LogP contribution >= 0.6 is 0 Å². The standard InChI is InChI=1S/C15H23N3O3/c1-4-11(5-2)10(3)17-15(21)18-13-7-6-12(16-9-13)8-14(19)20/h6-7,9-11H,4-5,8H2,1-3H3,(H,19,20)(H2,17,18,21). The lowest BCUT2D eigenvalue weighted by Crippen LogP contribution is -2.40. The number of rotatable bonds is 7. The fourth-order valence-electron chi connectivity index (χ4n) is 2.25. The number of amides is 2. The first-order valence-corrected chi connectivity index (χ1v) is 7.20. The third-order valence-electron chi connectivity index (χ3n) is 3.53. The van der Waals surface area contributed by atoms with E-state index in [1.807, 2.05) is 6.92 Å². The summed E-state index contributed by atoms with van der Waals surface area (Å²) in [6.07, 6.45) is 3.37. The molecule has 0 fully saturated rings. The molecule has 0 aliphatic rings. The van der Waals surface area contributed by atoms with Crippen molar-refractivity contribution in [3.8, 4) is 0 Å². The van der Waals surface area contributed by atoms with E-state index < -0.39 is 5.97 Å². The van der Waals surface area contributed by atoms with Crippen LogP contribution in [0.4, 0.5) is 10.5 Å². The average molecular weight is 293 g/mol. The summed E-state index contributed by atoms with van der Waals surface area (Å²) in [5.74, 6) is -0.480. The summed E-state index contributed by atoms with van der Waals surface area (Å²) in [7, 11) is 0. The Morgan fingerprint density at radius 2 is 1.95 bits per heavy atom. The summed E-state index contributed by atoms with van der Waals surface area (Å²) >= 11 is 0. The van der Waals surface area contributed by atoms with E-state index in [0.29, 0.717) is 17.3 Å². The van der Waals surface area contributed by atoms with Crippen LogP contribution in [0.5, 0.6) is 0 Å². The summed E-state index contributed by atoms with van der Waals surface area (Å²) in [4.78, 5) is 26.4. The fourth-order valence-corrected chi connectivity index (χ4v) is 2.25. The summed E-state index contributed by atoms with van der Waals surface area (Å²) in [5, 5.41) is 14.3. The molecule has 6 nitrogen and oxygen atoms in total. The highest BCUT2D eigenvalue weighted by Gasteiger charge is 2.15. The van der Waals surface area contributed by atoms with Crippen LogP contribution in [0.3, 0.4) is 0 Å². The lowest BCUT2D eigenvalue weighted by atomic mass is 9.96. The van der Waals surface area contributed by atoms with Gasteiger partial charge in [-0.25, -0.2) is 4.79 Å². The Balaban J connectivity index is 2.53. The van der Waals surface area contributed by atoms with Gasteiger partial charge in [-0.05, 0) is 25.0 Å². The molecule has 0 aromatic carbocycles. The molecule has 2 amide bonds. The van der Waals surface area contributed by atoms with E-state index in [-0.39, 0.29) is 18.5 Å². The topological polar surface area (TPSA) is 91.3 Å². The quantitative estimate of drug-likeness (QED) is 0.720. The second-order valence-corrected chi connectivity index (χ2v) is 5.07. The predicted molar refractivity (Wildman–Crippen MR) is 81.3 cm³/mol. The minimum atomic E-state index is -0.931. The van der Waals surface area contributed by atoms with Crippen LogP contribution in [0.25, 0.3) is 0 Å². The number of aromatic nitrogens is 1. The zero-order valence-electron chi connectivity index (χ0n) is 12.7. The lowest BCUT2D eigenvalue weighted by Gasteiger charge is -2.22. The van der Waals surface area contributed by atoms with E-state index >= 15 is 0 Å². The minimum Gasteiger partial charge on any atom is -0.481 e. The van der Waals surface area contributed by atoms with Gasteiger partial charge in [-0.3, -0.25) is 9.78 Å². The Morgan fingerprint density at radius 1 is 1.29 bits per heavy atom. The van der Waals surface area contributed by atoms with Crippen LogP contribution in [-0.2, 0) is 11.2 Å². The van der Waals surface area contributed by atoms with Crippen LogP contribution in [-0.4, -0.2) is 28.1 Å². The van der Waals surface area contributed by atoms with E-state index in [2.05, 4.69) is 29.5 Å². The first kappa shape index (κ1) is 16.9. The van der Waals surface area contributed by atoms with Gasteiger partial charge in [-0.1, -0.05) is 26.7 Å². The molecule has 0 spiro atoms. The molecular weight excluding hydrogens is 270 g/mol. The largest absolute Gasteiger partial charge is 0.481 e. The highest BCUT2D eigenvalue weighted by molar-refractivity contribution is 5.89. The monoisotopic (exact) mass is 293 g/mol. The smallest absolute Gasteiger partial charge is 0.319 e. The number of pyridine rings is 1. The zero-order valence-corrected chi connectivity index (χ0v) is 12.7. The molecule has 1 aromatic heterocycles. The number of nitrogens with one attached hydrogen (secondary N) is 2. The molecule has 116 valence electrons. The Labute approximate surface area is 125 Å². The summed E-state index contributed by atoms with van der Waals surface area (Å²) < 4.78 is 0. The van der Waals surface area contributed by atoms with Gasteiger partial charge in [0.25, 0.3) is 0 Å². The molecule has 0 aliphatic carbocycles. The summed E-state index contributed by atoms with van der Waals surface area (Å²) in [5.41, 5.74) is 0.997. The molecule has 3 N–H and O–H groups in total. The van der Waals surface area contributed by atoms with Crippen LogP contribution in [0.1, 0.15) is 39.3 Å². The molecule has 1 aromatic rings. The average Bonchev–Trinajstić information content (AvgIpc) is 2.41. The highest BCUT2D eigenvalue weighted by atomic mass is 16.4. The van der Waals surface area contributed by atoms with Gasteiger partial charge in [0.15, 0.2) is 0 Å². The molecule has 0 saturated heterocycles. The highest BCUT2D eigenvalue weighted by Crippen LogP contribution is 2.13. The first-order valence-electron chi connectivity index (χ1n) is 7.20. The van der Waals surface area contributed by atoms with Gasteiger partial charge in [-0.2, -0.15) is 0 Å². The van der Waals surface area contributed by atoms with Crippen molar-refractivity contribution in [2.75, 3.05) is 5.32 Å². The van der Waals surface area contributed by atoms with Gasteiger partial charge >= 0.3 is 12.0 Å². The second kappa shape index (κ2) is 8.24. The molecule has 21 heavy (non-hydrogen) atoms. The third kappa shape index (κ3) is 5.81. The van der Waals surface area contributed by atoms with E-state index in [1.54, 1.807) is 12.1 Å². The Hall–Kier alpha value is -2.11.